The number of unbranched alkanes of at least 4 members (excludes halogenated alkanes) is 5. The molecule has 16 heavy (non-hydrogen) atoms. The van der Waals surface area contributed by atoms with Crippen molar-refractivity contribution >= 4 is 15.9 Å². The van der Waals surface area contributed by atoms with Gasteiger partial charge in [-0.3, -0.25) is 0 Å². The van der Waals surface area contributed by atoms with Crippen LogP contribution in [0.15, 0.2) is 22.9 Å². The van der Waals surface area contributed by atoms with E-state index in [4.69, 9.17) is 4.74 Å². The first-order chi connectivity index (χ1) is 7.84. The van der Waals surface area contributed by atoms with Gasteiger partial charge in [0.15, 0.2) is 5.75 Å². The summed E-state index contributed by atoms with van der Waals surface area (Å²) in [4.78, 5) is 4.11. The summed E-state index contributed by atoms with van der Waals surface area (Å²) in [5, 5.41) is 0. The van der Waals surface area contributed by atoms with E-state index in [0.717, 1.165) is 23.4 Å². The molecule has 0 aromatic carbocycles. The maximum absolute atomic E-state index is 5.63. The van der Waals surface area contributed by atoms with Crippen LogP contribution in [0.2, 0.25) is 0 Å². The zero-order chi connectivity index (χ0) is 11.6. The predicted molar refractivity (Wildman–Crippen MR) is 70.8 cm³/mol. The van der Waals surface area contributed by atoms with Gasteiger partial charge in [0.2, 0.25) is 0 Å². The van der Waals surface area contributed by atoms with Crippen molar-refractivity contribution in [1.29, 1.82) is 0 Å². The van der Waals surface area contributed by atoms with Gasteiger partial charge in [0.1, 0.15) is 4.60 Å². The van der Waals surface area contributed by atoms with Gasteiger partial charge >= 0.3 is 0 Å². The van der Waals surface area contributed by atoms with Gasteiger partial charge in [-0.25, -0.2) is 4.98 Å². The van der Waals surface area contributed by atoms with Crippen molar-refractivity contribution in [1.82, 2.24) is 4.98 Å². The Hall–Kier alpha value is -0.570. The van der Waals surface area contributed by atoms with Gasteiger partial charge in [-0.15, -0.1) is 0 Å². The Morgan fingerprint density at radius 2 is 1.94 bits per heavy atom. The van der Waals surface area contributed by atoms with E-state index >= 15 is 0 Å². The van der Waals surface area contributed by atoms with Crippen molar-refractivity contribution in [3.05, 3.63) is 22.9 Å². The van der Waals surface area contributed by atoms with Crippen LogP contribution in [0.4, 0.5) is 0 Å². The van der Waals surface area contributed by atoms with Gasteiger partial charge in [-0.05, 0) is 34.5 Å². The largest absolute Gasteiger partial charge is 0.491 e. The Kier molecular flexibility index (Phi) is 7.23. The van der Waals surface area contributed by atoms with Crippen molar-refractivity contribution in [2.75, 3.05) is 6.61 Å². The monoisotopic (exact) mass is 285 g/mol. The van der Waals surface area contributed by atoms with E-state index in [1.54, 1.807) is 6.20 Å². The van der Waals surface area contributed by atoms with Gasteiger partial charge in [0.05, 0.1) is 6.61 Å². The number of halogens is 1. The number of aromatic nitrogens is 1. The molecule has 2 nitrogen and oxygen atoms in total. The van der Waals surface area contributed by atoms with Gasteiger partial charge in [-0.1, -0.05) is 39.0 Å². The summed E-state index contributed by atoms with van der Waals surface area (Å²) < 4.78 is 6.43. The van der Waals surface area contributed by atoms with Crippen molar-refractivity contribution in [2.45, 2.75) is 45.4 Å². The average molecular weight is 286 g/mol. The molecule has 0 N–H and O–H groups in total. The lowest BCUT2D eigenvalue weighted by atomic mass is 10.1. The molecule has 0 saturated heterocycles. The molecule has 90 valence electrons. The van der Waals surface area contributed by atoms with Gasteiger partial charge in [0, 0.05) is 6.20 Å². The molecule has 0 fully saturated rings. The van der Waals surface area contributed by atoms with Crippen LogP contribution in [-0.4, -0.2) is 11.6 Å². The highest BCUT2D eigenvalue weighted by Gasteiger charge is 1.99. The van der Waals surface area contributed by atoms with E-state index in [1.165, 1.54) is 32.1 Å². The average Bonchev–Trinajstić information content (AvgIpc) is 2.30. The standard InChI is InChI=1S/C13H20BrNO/c1-2-3-4-5-6-7-11-16-12-9-8-10-15-13(12)14/h8-10H,2-7,11H2,1H3. The first-order valence-electron chi connectivity index (χ1n) is 6.08. The fraction of sp³-hybridized carbons (Fsp3) is 0.615. The van der Waals surface area contributed by atoms with Crippen LogP contribution in [0.1, 0.15) is 45.4 Å². The normalized spacial score (nSPS) is 10.4. The minimum Gasteiger partial charge on any atom is -0.491 e. The Morgan fingerprint density at radius 1 is 1.19 bits per heavy atom. The highest BCUT2D eigenvalue weighted by Crippen LogP contribution is 2.21. The SMILES string of the molecule is CCCCCCCCOc1cccnc1Br. The Labute approximate surface area is 107 Å². The third kappa shape index (κ3) is 5.50. The number of nitrogens with zero attached hydrogens (tertiary/aromatic N) is 1. The van der Waals surface area contributed by atoms with Crippen LogP contribution in [-0.2, 0) is 0 Å². The van der Waals surface area contributed by atoms with E-state index in [0.29, 0.717) is 0 Å². The molecular weight excluding hydrogens is 266 g/mol. The number of pyridine rings is 1. The van der Waals surface area contributed by atoms with E-state index in [9.17, 15) is 0 Å². The molecule has 0 aliphatic carbocycles. The molecule has 0 aliphatic heterocycles. The summed E-state index contributed by atoms with van der Waals surface area (Å²) >= 11 is 3.36. The third-order valence-corrected chi connectivity index (χ3v) is 3.08. The summed E-state index contributed by atoms with van der Waals surface area (Å²) in [5.41, 5.74) is 0. The fourth-order valence-electron chi connectivity index (χ4n) is 1.54. The molecule has 1 rings (SSSR count). The molecule has 0 aliphatic rings. The van der Waals surface area contributed by atoms with Crippen LogP contribution in [0, 0.1) is 0 Å². The van der Waals surface area contributed by atoms with Gasteiger partial charge in [-0.2, -0.15) is 0 Å². The highest BCUT2D eigenvalue weighted by atomic mass is 79.9. The number of ether oxygens (including phenoxy) is 1. The van der Waals surface area contributed by atoms with Crippen LogP contribution < -0.4 is 4.74 Å². The van der Waals surface area contributed by atoms with Crippen molar-refractivity contribution < 1.29 is 4.74 Å². The lowest BCUT2D eigenvalue weighted by molar-refractivity contribution is 0.301. The maximum Gasteiger partial charge on any atom is 0.152 e. The minimum absolute atomic E-state index is 0.788. The molecular formula is C13H20BrNO. The summed E-state index contributed by atoms with van der Waals surface area (Å²) in [7, 11) is 0. The van der Waals surface area contributed by atoms with E-state index in [2.05, 4.69) is 27.8 Å². The van der Waals surface area contributed by atoms with Crippen LogP contribution in [0.5, 0.6) is 5.75 Å². The van der Waals surface area contributed by atoms with Crippen LogP contribution in [0.25, 0.3) is 0 Å². The Bertz CT molecular complexity index is 291. The van der Waals surface area contributed by atoms with Gasteiger partial charge < -0.3 is 4.74 Å². The zero-order valence-electron chi connectivity index (χ0n) is 9.92. The lowest BCUT2D eigenvalue weighted by Gasteiger charge is -2.06. The second-order valence-electron chi connectivity index (χ2n) is 3.91. The predicted octanol–water partition coefficient (Wildman–Crippen LogP) is 4.58. The quantitative estimate of drug-likeness (QED) is 0.515. The number of rotatable bonds is 8. The topological polar surface area (TPSA) is 22.1 Å². The Morgan fingerprint density at radius 3 is 2.69 bits per heavy atom. The molecule has 0 spiro atoms. The number of hydrogen-bond donors (Lipinski definition) is 0. The van der Waals surface area contributed by atoms with E-state index in [-0.39, 0.29) is 0 Å². The molecule has 1 heterocycles. The second kappa shape index (κ2) is 8.57. The summed E-state index contributed by atoms with van der Waals surface area (Å²) in [5.74, 6) is 0.844. The Balaban J connectivity index is 2.05. The summed E-state index contributed by atoms with van der Waals surface area (Å²) in [6.07, 6.45) is 9.48. The number of hydrogen-bond acceptors (Lipinski definition) is 2. The smallest absolute Gasteiger partial charge is 0.152 e. The molecule has 1 aromatic rings. The minimum atomic E-state index is 0.788. The van der Waals surface area contributed by atoms with Crippen LogP contribution >= 0.6 is 15.9 Å². The first-order valence-corrected chi connectivity index (χ1v) is 6.87. The van der Waals surface area contributed by atoms with E-state index < -0.39 is 0 Å². The maximum atomic E-state index is 5.63. The summed E-state index contributed by atoms with van der Waals surface area (Å²) in [6.45, 7) is 3.03. The molecule has 0 unspecified atom stereocenters. The van der Waals surface area contributed by atoms with Crippen molar-refractivity contribution in [3.8, 4) is 5.75 Å². The second-order valence-corrected chi connectivity index (χ2v) is 4.66. The molecule has 3 heteroatoms. The molecule has 1 aromatic heterocycles. The molecule has 0 amide bonds. The lowest BCUT2D eigenvalue weighted by Crippen LogP contribution is -1.98. The van der Waals surface area contributed by atoms with Crippen molar-refractivity contribution in [3.63, 3.8) is 0 Å². The summed E-state index contributed by atoms with van der Waals surface area (Å²) in [6, 6.07) is 3.83. The fourth-order valence-corrected chi connectivity index (χ4v) is 1.91. The van der Waals surface area contributed by atoms with Gasteiger partial charge in [0.25, 0.3) is 0 Å². The van der Waals surface area contributed by atoms with Crippen molar-refractivity contribution in [2.24, 2.45) is 0 Å². The molecule has 0 radical (unpaired) electrons. The third-order valence-electron chi connectivity index (χ3n) is 2.48. The molecule has 0 bridgehead atoms. The highest BCUT2D eigenvalue weighted by molar-refractivity contribution is 9.10. The van der Waals surface area contributed by atoms with Crippen LogP contribution in [0.3, 0.4) is 0 Å². The zero-order valence-corrected chi connectivity index (χ0v) is 11.5. The molecule has 0 atom stereocenters. The molecule has 0 saturated carbocycles. The van der Waals surface area contributed by atoms with E-state index in [1.807, 2.05) is 12.1 Å². The first kappa shape index (κ1) is 13.5.